The summed E-state index contributed by atoms with van der Waals surface area (Å²) in [6, 6.07) is 26.6. The Morgan fingerprint density at radius 1 is 0.765 bits per heavy atom. The summed E-state index contributed by atoms with van der Waals surface area (Å²) in [4.78, 5) is 9.96. The molecule has 10 rings (SSSR count). The number of nitrogens with zero attached hydrogens (tertiary/aromatic N) is 4. The van der Waals surface area contributed by atoms with Crippen molar-refractivity contribution in [3.05, 3.63) is 118 Å². The van der Waals surface area contributed by atoms with E-state index in [-0.39, 0.29) is 36.4 Å². The zero-order valence-electron chi connectivity index (χ0n) is 31.9. The van der Waals surface area contributed by atoms with Gasteiger partial charge in [-0.25, -0.2) is 0 Å². The van der Waals surface area contributed by atoms with E-state index in [9.17, 15) is 0 Å². The topological polar surface area (TPSA) is 24.3 Å². The largest absolute Gasteiger partial charge is 3.00 e. The van der Waals surface area contributed by atoms with Gasteiger partial charge in [0.1, 0.15) is 0 Å². The van der Waals surface area contributed by atoms with Crippen molar-refractivity contribution in [2.45, 2.75) is 117 Å². The summed E-state index contributed by atoms with van der Waals surface area (Å²) in [6.45, 7) is 21.2. The minimum atomic E-state index is 0. The van der Waals surface area contributed by atoms with Gasteiger partial charge in [-0.2, -0.15) is 18.8 Å². The van der Waals surface area contributed by atoms with Crippen molar-refractivity contribution in [2.75, 3.05) is 11.9 Å². The normalized spacial score (nSPS) is 26.5. The number of aromatic nitrogens is 2. The van der Waals surface area contributed by atoms with Gasteiger partial charge < -0.3 is 14.4 Å². The van der Waals surface area contributed by atoms with Gasteiger partial charge in [0, 0.05) is 34.6 Å². The van der Waals surface area contributed by atoms with Crippen LogP contribution in [-0.2, 0) is 30.9 Å². The molecule has 4 aromatic rings. The maximum absolute atomic E-state index is 5.13. The smallest absolute Gasteiger partial charge is 0.507 e. The molecule has 0 amide bonds. The van der Waals surface area contributed by atoms with E-state index in [0.29, 0.717) is 11.8 Å². The van der Waals surface area contributed by atoms with E-state index in [4.69, 9.17) is 4.98 Å². The first-order valence-electron chi connectivity index (χ1n) is 19.1. The third kappa shape index (κ3) is 4.82. The van der Waals surface area contributed by atoms with E-state index in [0.717, 1.165) is 23.2 Å². The Bertz CT molecular complexity index is 2030. The molecule has 2 saturated carbocycles. The van der Waals surface area contributed by atoms with Crippen molar-refractivity contribution in [3.8, 4) is 17.1 Å². The van der Waals surface area contributed by atoms with Gasteiger partial charge in [0.25, 0.3) is 0 Å². The van der Waals surface area contributed by atoms with Gasteiger partial charge in [-0.3, -0.25) is 4.98 Å². The fourth-order valence-electron chi connectivity index (χ4n) is 11.0. The van der Waals surface area contributed by atoms with Crippen LogP contribution in [0, 0.1) is 49.9 Å². The molecule has 2 heterocycles. The van der Waals surface area contributed by atoms with Crippen molar-refractivity contribution < 1.29 is 20.1 Å². The fraction of sp³-hybridized carbons (Fsp3) is 0.478. The second-order valence-electron chi connectivity index (χ2n) is 17.9. The molecule has 51 heavy (non-hydrogen) atoms. The molecule has 3 aromatic carbocycles. The van der Waals surface area contributed by atoms with Crippen LogP contribution in [0.2, 0.25) is 0 Å². The summed E-state index contributed by atoms with van der Waals surface area (Å²) in [5, 5.41) is 0. The van der Waals surface area contributed by atoms with E-state index >= 15 is 0 Å². The Balaban J connectivity index is 0.000000144. The average Bonchev–Trinajstić information content (AvgIpc) is 3.95. The van der Waals surface area contributed by atoms with Crippen LogP contribution in [0.3, 0.4) is 0 Å². The molecule has 5 aliphatic carbocycles. The second kappa shape index (κ2) is 11.9. The second-order valence-corrected chi connectivity index (χ2v) is 17.9. The average molecular weight is 854 g/mol. The molecular formula is C46H53IrN4. The Kier molecular flexibility index (Phi) is 8.17. The Morgan fingerprint density at radius 2 is 1.41 bits per heavy atom. The number of fused-ring (bicyclic) bond motifs is 10. The van der Waals surface area contributed by atoms with Crippen LogP contribution in [0.1, 0.15) is 126 Å². The number of allylic oxidation sites excluding steroid dienone is 2. The predicted molar refractivity (Wildman–Crippen MR) is 204 cm³/mol. The molecule has 1 aromatic heterocycles. The molecule has 6 aliphatic rings. The summed E-state index contributed by atoms with van der Waals surface area (Å²) in [7, 11) is 2.22. The first-order chi connectivity index (χ1) is 23.8. The van der Waals surface area contributed by atoms with Crippen LogP contribution in [0.25, 0.3) is 17.1 Å². The fourth-order valence-corrected chi connectivity index (χ4v) is 11.0. The Labute approximate surface area is 320 Å². The number of para-hydroxylation sites is 1. The van der Waals surface area contributed by atoms with Crippen LogP contribution in [0.5, 0.6) is 0 Å². The van der Waals surface area contributed by atoms with Crippen LogP contribution >= 0.6 is 0 Å². The standard InChI is InChI=1S/C24H32N2.C22H21N2.Ir/c1-22(2)18-11-10-17(13-19(18)23(3,4)24(22,5)6)26-14-25(7)20-15-8-9-16(12-15)21(20)26;1-14-7-6-8-15(2)20(14)24-21-18-12-11-17(13-18)19(21)23-22(24)16-9-4-3-5-10-16;/h11,13-16H,8-9,12H2,1-7H3;3-9,17-18H,11-13H2,1-2H3;/q-2;-1;+3. The molecule has 4 nitrogen and oxygen atoms in total. The number of anilines is 1. The van der Waals surface area contributed by atoms with Gasteiger partial charge in [-0.15, -0.1) is 58.8 Å². The summed E-state index contributed by atoms with van der Waals surface area (Å²) < 4.78 is 2.45. The van der Waals surface area contributed by atoms with E-state index in [2.05, 4.69) is 138 Å². The van der Waals surface area contributed by atoms with Gasteiger partial charge in [-0.05, 0) is 98.6 Å². The minimum absolute atomic E-state index is 0. The van der Waals surface area contributed by atoms with Crippen LogP contribution in [0.4, 0.5) is 5.69 Å². The van der Waals surface area contributed by atoms with E-state index in [1.165, 1.54) is 83.5 Å². The van der Waals surface area contributed by atoms with Gasteiger partial charge in [0.05, 0.1) is 11.5 Å². The molecule has 4 bridgehead atoms. The van der Waals surface area contributed by atoms with Gasteiger partial charge in [-0.1, -0.05) is 59.7 Å². The van der Waals surface area contributed by atoms with Gasteiger partial charge in [0.2, 0.25) is 0 Å². The molecule has 5 heteroatoms. The maximum atomic E-state index is 5.13. The summed E-state index contributed by atoms with van der Waals surface area (Å²) in [5.74, 6) is 3.94. The maximum Gasteiger partial charge on any atom is 3.00 e. The molecule has 0 N–H and O–H groups in total. The zero-order chi connectivity index (χ0) is 34.9. The van der Waals surface area contributed by atoms with Crippen molar-refractivity contribution >= 4 is 5.69 Å². The quantitative estimate of drug-likeness (QED) is 0.192. The number of hydrogen-bond acceptors (Lipinski definition) is 3. The van der Waals surface area contributed by atoms with Crippen molar-refractivity contribution in [2.24, 2.45) is 17.3 Å². The molecule has 4 unspecified atom stereocenters. The number of rotatable bonds is 3. The molecule has 4 atom stereocenters. The van der Waals surface area contributed by atoms with E-state index in [1.54, 1.807) is 11.4 Å². The van der Waals surface area contributed by atoms with Crippen LogP contribution in [-0.4, -0.2) is 21.5 Å². The molecule has 2 fully saturated rings. The van der Waals surface area contributed by atoms with E-state index < -0.39 is 0 Å². The molecule has 0 spiro atoms. The summed E-state index contributed by atoms with van der Waals surface area (Å²) >= 11 is 0. The van der Waals surface area contributed by atoms with Crippen molar-refractivity contribution in [1.29, 1.82) is 0 Å². The first-order valence-corrected chi connectivity index (χ1v) is 19.1. The van der Waals surface area contributed by atoms with Crippen LogP contribution in [0.15, 0.2) is 66.0 Å². The number of imidazole rings is 1. The van der Waals surface area contributed by atoms with E-state index in [1.807, 2.05) is 12.1 Å². The van der Waals surface area contributed by atoms with Crippen molar-refractivity contribution in [1.82, 2.24) is 14.5 Å². The zero-order valence-corrected chi connectivity index (χ0v) is 34.3. The minimum Gasteiger partial charge on any atom is -0.507 e. The predicted octanol–water partition coefficient (Wildman–Crippen LogP) is 10.9. The molecule has 266 valence electrons. The number of benzene rings is 3. The Morgan fingerprint density at radius 3 is 2.12 bits per heavy atom. The third-order valence-electron chi connectivity index (χ3n) is 14.8. The SMILES string of the molecule is CN1[CH-]N(c2[c-]cc3c(c2)C(C)(C)C(C)(C)C3(C)C)C2=C1C1CCC2C1.Cc1cccc(C)c1-n1c(-c2[c-]cccc2)nc2c1C1CCC2C1.[Ir+3]. The van der Waals surface area contributed by atoms with Gasteiger partial charge in [0.15, 0.2) is 0 Å². The summed E-state index contributed by atoms with van der Waals surface area (Å²) in [6.07, 6.45) is 8.00. The monoisotopic (exact) mass is 854 g/mol. The van der Waals surface area contributed by atoms with Gasteiger partial charge >= 0.3 is 20.1 Å². The molecule has 0 radical (unpaired) electrons. The number of hydrogen-bond donors (Lipinski definition) is 0. The molecular weight excluding hydrogens is 801 g/mol. The number of aryl methyl sites for hydroxylation is 2. The Hall–Kier alpha value is -3.14. The third-order valence-corrected chi connectivity index (χ3v) is 14.8. The van der Waals surface area contributed by atoms with Crippen molar-refractivity contribution in [3.63, 3.8) is 0 Å². The molecule has 0 saturated heterocycles. The first kappa shape index (κ1) is 34.9. The van der Waals surface area contributed by atoms with Crippen LogP contribution < -0.4 is 4.90 Å². The molecule has 1 aliphatic heterocycles. The summed E-state index contributed by atoms with van der Waals surface area (Å²) in [5.41, 5.74) is 15.7.